The minimum Gasteiger partial charge on any atom is -0.342 e. The predicted octanol–water partition coefficient (Wildman–Crippen LogP) is 2.90. The fourth-order valence-electron chi connectivity index (χ4n) is 4.20. The lowest BCUT2D eigenvalue weighted by atomic mass is 9.88. The lowest BCUT2D eigenvalue weighted by molar-refractivity contribution is -0.136. The van der Waals surface area contributed by atoms with Crippen LogP contribution >= 0.6 is 11.6 Å². The molecule has 3 heteroatoms. The van der Waals surface area contributed by atoms with Gasteiger partial charge in [0.1, 0.15) is 0 Å². The normalized spacial score (nSPS) is 40.2. The van der Waals surface area contributed by atoms with Gasteiger partial charge in [0.15, 0.2) is 0 Å². The average molecular weight is 256 g/mol. The van der Waals surface area contributed by atoms with Gasteiger partial charge in [-0.3, -0.25) is 4.79 Å². The van der Waals surface area contributed by atoms with Crippen LogP contribution in [0.5, 0.6) is 0 Å². The molecule has 1 aliphatic heterocycles. The Hall–Kier alpha value is -0.240. The summed E-state index contributed by atoms with van der Waals surface area (Å²) < 4.78 is 0. The number of alkyl halides is 1. The molecule has 2 saturated carbocycles. The molecule has 0 N–H and O–H groups in total. The number of amides is 1. The molecule has 0 spiro atoms. The van der Waals surface area contributed by atoms with E-state index >= 15 is 0 Å². The summed E-state index contributed by atoms with van der Waals surface area (Å²) in [5.74, 6) is 3.84. The zero-order chi connectivity index (χ0) is 11.8. The van der Waals surface area contributed by atoms with Crippen molar-refractivity contribution in [1.29, 1.82) is 0 Å². The molecule has 0 aromatic rings. The summed E-state index contributed by atoms with van der Waals surface area (Å²) in [5, 5.41) is 0. The number of nitrogens with zero attached hydrogens (tertiary/aromatic N) is 1. The Kier molecular flexibility index (Phi) is 3.34. The van der Waals surface area contributed by atoms with Gasteiger partial charge < -0.3 is 4.90 Å². The number of halogens is 1. The molecule has 0 aromatic carbocycles. The molecule has 0 aromatic heterocycles. The molecule has 2 aliphatic carbocycles. The van der Waals surface area contributed by atoms with E-state index in [1.54, 1.807) is 0 Å². The average Bonchev–Trinajstić information content (AvgIpc) is 3.03. The van der Waals surface area contributed by atoms with Crippen molar-refractivity contribution >= 4 is 17.5 Å². The van der Waals surface area contributed by atoms with Gasteiger partial charge in [-0.25, -0.2) is 0 Å². The van der Waals surface area contributed by atoms with Crippen LogP contribution < -0.4 is 0 Å². The molecular weight excluding hydrogens is 234 g/mol. The van der Waals surface area contributed by atoms with Crippen LogP contribution in [0.4, 0.5) is 0 Å². The van der Waals surface area contributed by atoms with Gasteiger partial charge in [0.05, 0.1) is 0 Å². The van der Waals surface area contributed by atoms with E-state index < -0.39 is 0 Å². The highest BCUT2D eigenvalue weighted by molar-refractivity contribution is 6.17. The van der Waals surface area contributed by atoms with Crippen LogP contribution in [0.15, 0.2) is 0 Å². The second kappa shape index (κ2) is 4.79. The maximum Gasteiger partial charge on any atom is 0.225 e. The van der Waals surface area contributed by atoms with Gasteiger partial charge in [-0.05, 0) is 49.9 Å². The number of hydrogen-bond donors (Lipinski definition) is 0. The van der Waals surface area contributed by atoms with Gasteiger partial charge in [-0.2, -0.15) is 0 Å². The second-order valence-corrected chi connectivity index (χ2v) is 6.58. The topological polar surface area (TPSA) is 20.3 Å². The minimum atomic E-state index is 0.378. The molecule has 2 bridgehead atoms. The number of carbonyl (C=O) groups excluding carboxylic acids is 1. The van der Waals surface area contributed by atoms with Gasteiger partial charge in [-0.1, -0.05) is 6.42 Å². The summed E-state index contributed by atoms with van der Waals surface area (Å²) in [6, 6.07) is 0. The molecule has 3 aliphatic rings. The van der Waals surface area contributed by atoms with Crippen molar-refractivity contribution in [2.45, 2.75) is 38.5 Å². The highest BCUT2D eigenvalue weighted by atomic mass is 35.5. The van der Waals surface area contributed by atoms with Crippen molar-refractivity contribution in [3.05, 3.63) is 0 Å². The van der Waals surface area contributed by atoms with Crippen LogP contribution in [-0.4, -0.2) is 29.8 Å². The predicted molar refractivity (Wildman–Crippen MR) is 69.0 cm³/mol. The quantitative estimate of drug-likeness (QED) is 0.710. The number of hydrogen-bond acceptors (Lipinski definition) is 1. The SMILES string of the molecule is O=C(C1CC2CCC1C2)N1CCC(CCCl)C1. The first-order valence-corrected chi connectivity index (χ1v) is 7.66. The lowest BCUT2D eigenvalue weighted by Crippen LogP contribution is -2.36. The largest absolute Gasteiger partial charge is 0.342 e. The Morgan fingerprint density at radius 2 is 2.12 bits per heavy atom. The third kappa shape index (κ3) is 2.21. The van der Waals surface area contributed by atoms with Crippen LogP contribution in [0.1, 0.15) is 38.5 Å². The molecule has 17 heavy (non-hydrogen) atoms. The van der Waals surface area contributed by atoms with E-state index in [1.165, 1.54) is 32.1 Å². The van der Waals surface area contributed by atoms with E-state index in [9.17, 15) is 4.79 Å². The highest BCUT2D eigenvalue weighted by Crippen LogP contribution is 2.49. The Balaban J connectivity index is 1.57. The van der Waals surface area contributed by atoms with Crippen molar-refractivity contribution in [1.82, 2.24) is 4.90 Å². The smallest absolute Gasteiger partial charge is 0.225 e. The van der Waals surface area contributed by atoms with Crippen molar-refractivity contribution in [3.8, 4) is 0 Å². The van der Waals surface area contributed by atoms with Crippen LogP contribution in [0.3, 0.4) is 0 Å². The number of carbonyl (C=O) groups is 1. The molecule has 3 rings (SSSR count). The molecule has 1 amide bonds. The van der Waals surface area contributed by atoms with Gasteiger partial charge in [-0.15, -0.1) is 11.6 Å². The molecule has 0 radical (unpaired) electrons. The van der Waals surface area contributed by atoms with Gasteiger partial charge in [0, 0.05) is 24.9 Å². The van der Waals surface area contributed by atoms with Crippen LogP contribution in [0, 0.1) is 23.7 Å². The summed E-state index contributed by atoms with van der Waals surface area (Å²) in [6.45, 7) is 1.95. The molecule has 4 atom stereocenters. The first-order chi connectivity index (χ1) is 8.28. The number of likely N-dealkylation sites (tertiary alicyclic amines) is 1. The highest BCUT2D eigenvalue weighted by Gasteiger charge is 2.45. The van der Waals surface area contributed by atoms with Crippen molar-refractivity contribution in [2.24, 2.45) is 23.7 Å². The molecule has 4 unspecified atom stereocenters. The number of fused-ring (bicyclic) bond motifs is 2. The summed E-state index contributed by atoms with van der Waals surface area (Å²) in [4.78, 5) is 14.6. The molecule has 96 valence electrons. The Morgan fingerprint density at radius 1 is 1.24 bits per heavy atom. The summed E-state index contributed by atoms with van der Waals surface area (Å²) in [7, 11) is 0. The third-order valence-electron chi connectivity index (χ3n) is 5.17. The Labute approximate surface area is 109 Å². The van der Waals surface area contributed by atoms with Crippen molar-refractivity contribution in [2.75, 3.05) is 19.0 Å². The summed E-state index contributed by atoms with van der Waals surface area (Å²) in [5.41, 5.74) is 0. The maximum absolute atomic E-state index is 12.5. The van der Waals surface area contributed by atoms with Crippen molar-refractivity contribution in [3.63, 3.8) is 0 Å². The fourth-order valence-corrected chi connectivity index (χ4v) is 4.51. The zero-order valence-corrected chi connectivity index (χ0v) is 11.2. The Morgan fingerprint density at radius 3 is 2.76 bits per heavy atom. The van der Waals surface area contributed by atoms with Crippen molar-refractivity contribution < 1.29 is 4.79 Å². The lowest BCUT2D eigenvalue weighted by Gasteiger charge is -2.26. The molecule has 3 fully saturated rings. The van der Waals surface area contributed by atoms with Gasteiger partial charge >= 0.3 is 0 Å². The third-order valence-corrected chi connectivity index (χ3v) is 5.39. The van der Waals surface area contributed by atoms with E-state index in [-0.39, 0.29) is 0 Å². The van der Waals surface area contributed by atoms with E-state index in [2.05, 4.69) is 4.90 Å². The van der Waals surface area contributed by atoms with E-state index in [1.807, 2.05) is 0 Å². The first kappa shape index (κ1) is 11.8. The molecule has 1 heterocycles. The van der Waals surface area contributed by atoms with Gasteiger partial charge in [0.25, 0.3) is 0 Å². The molecule has 1 saturated heterocycles. The Bertz CT molecular complexity index is 307. The van der Waals surface area contributed by atoms with E-state index in [0.29, 0.717) is 17.7 Å². The minimum absolute atomic E-state index is 0.378. The van der Waals surface area contributed by atoms with E-state index in [4.69, 9.17) is 11.6 Å². The van der Waals surface area contributed by atoms with E-state index in [0.717, 1.165) is 37.2 Å². The molecular formula is C14H22ClNO. The second-order valence-electron chi connectivity index (χ2n) is 6.20. The summed E-state index contributed by atoms with van der Waals surface area (Å²) >= 11 is 5.78. The van der Waals surface area contributed by atoms with Crippen LogP contribution in [0.2, 0.25) is 0 Å². The van der Waals surface area contributed by atoms with Crippen LogP contribution in [-0.2, 0) is 4.79 Å². The number of rotatable bonds is 3. The standard InChI is InChI=1S/C14H22ClNO/c15-5-3-10-4-6-16(9-10)14(17)13-8-11-1-2-12(13)7-11/h10-13H,1-9H2. The van der Waals surface area contributed by atoms with Crippen LogP contribution in [0.25, 0.3) is 0 Å². The maximum atomic E-state index is 12.5. The molecule has 2 nitrogen and oxygen atoms in total. The zero-order valence-electron chi connectivity index (χ0n) is 10.4. The first-order valence-electron chi connectivity index (χ1n) is 7.12. The fraction of sp³-hybridized carbons (Fsp3) is 0.929. The summed E-state index contributed by atoms with van der Waals surface area (Å²) in [6.07, 6.45) is 7.43. The van der Waals surface area contributed by atoms with Gasteiger partial charge in [0.2, 0.25) is 5.91 Å². The monoisotopic (exact) mass is 255 g/mol.